The van der Waals surface area contributed by atoms with Crippen LogP contribution in [0.15, 0.2) is 153 Å². The quantitative estimate of drug-likeness (QED) is 0.0273. The molecule has 0 atom stereocenters. The van der Waals surface area contributed by atoms with Crippen molar-refractivity contribution >= 4 is 36.7 Å². The highest BCUT2D eigenvalue weighted by atomic mass is 35.5. The Labute approximate surface area is 553 Å². The number of ether oxygens (including phenoxy) is 8. The van der Waals surface area contributed by atoms with E-state index in [9.17, 15) is 19.2 Å². The summed E-state index contributed by atoms with van der Waals surface area (Å²) in [4.78, 5) is 61.2. The summed E-state index contributed by atoms with van der Waals surface area (Å²) in [6.45, 7) is 21.5. The van der Waals surface area contributed by atoms with Crippen molar-refractivity contribution in [1.82, 2.24) is 49.5 Å². The van der Waals surface area contributed by atoms with E-state index in [-0.39, 0.29) is 36.3 Å². The first-order chi connectivity index (χ1) is 45.0. The summed E-state index contributed by atoms with van der Waals surface area (Å²) in [6, 6.07) is 34.1. The number of imidazole rings is 3. The van der Waals surface area contributed by atoms with E-state index in [1.165, 1.54) is 77.2 Å². The standard InChI is InChI=1S/C29H36N4O6.C25H34N2O5.C8H19N.C7H6N4O.ClH/c34-28(33-14-13-30-22-33)31-11-5-15-36-17-19-38-20-18-37-16-6-12-32-29(35)39-21-27-25-9-3-1-7-23(25)24-8-2-4-10-26(24)27;26-11-5-13-29-15-17-31-18-16-30-14-6-12-27-25(28)32-19-24-22-9-3-1-7-20(22)21-8-2-4-10-23(21)24;1-6-9(7(2)3)8(4)5;12-7(10-3-1-8-5-10)11-4-2-9-6-11;/h1-4,7-10,13-14,22,27H,5-6,11-12,15-21H2,(H,31,34)(H,32,35);1-4,7-10,24H,5-6,11-19,26H2,(H,27,28);7-8H,6H2,1-5H3;1-6H;1H. The summed E-state index contributed by atoms with van der Waals surface area (Å²) in [5.41, 5.74) is 15.1. The highest BCUT2D eigenvalue weighted by Crippen LogP contribution is 2.45. The minimum Gasteiger partial charge on any atom is -0.449 e. The van der Waals surface area contributed by atoms with Crippen molar-refractivity contribution in [1.29, 1.82) is 0 Å². The maximum Gasteiger partial charge on any atom is 0.407 e. The Balaban J connectivity index is 0.000000257. The molecule has 0 radical (unpaired) electrons. The van der Waals surface area contributed by atoms with Crippen LogP contribution in [-0.2, 0) is 37.9 Å². The summed E-state index contributed by atoms with van der Waals surface area (Å²) in [7, 11) is 0. The van der Waals surface area contributed by atoms with Crippen LogP contribution in [-0.4, -0.2) is 195 Å². The van der Waals surface area contributed by atoms with Gasteiger partial charge in [-0.2, -0.15) is 0 Å². The molecule has 0 saturated heterocycles. The predicted octanol–water partition coefficient (Wildman–Crippen LogP) is 10.3. The molecule has 24 heteroatoms. The van der Waals surface area contributed by atoms with E-state index >= 15 is 0 Å². The SMILES string of the molecule is CCN(C(C)C)C(C)C.Cl.NCCCOCCOCCOCCCNC(=O)OCC1c2ccccc2-c2ccccc21.O=C(NCCCOCCOCCOCCCNC(=O)n1ccnc1)OCC1c2ccccc2-c2ccccc21.O=C(n1ccnc1)n1ccnc1. The second-order valence-electron chi connectivity index (χ2n) is 21.8. The Hall–Kier alpha value is -7.84. The summed E-state index contributed by atoms with van der Waals surface area (Å²) >= 11 is 0. The van der Waals surface area contributed by atoms with Gasteiger partial charge in [-0.05, 0) is 111 Å². The molecule has 7 aromatic rings. The number of carbonyl (C=O) groups excluding carboxylic acids is 4. The lowest BCUT2D eigenvalue weighted by Crippen LogP contribution is -2.36. The lowest BCUT2D eigenvalue weighted by molar-refractivity contribution is 0.0139. The third-order valence-electron chi connectivity index (χ3n) is 14.8. The van der Waals surface area contributed by atoms with Crippen molar-refractivity contribution in [2.75, 3.05) is 125 Å². The molecule has 0 aliphatic heterocycles. The molecular weight excluding hydrogens is 1210 g/mol. The van der Waals surface area contributed by atoms with Gasteiger partial charge in [0.05, 0.1) is 52.9 Å². The first-order valence-electron chi connectivity index (χ1n) is 31.9. The maximum absolute atomic E-state index is 12.2. The molecule has 0 saturated carbocycles. The van der Waals surface area contributed by atoms with Gasteiger partial charge < -0.3 is 59.6 Å². The monoisotopic (exact) mass is 1310 g/mol. The number of benzene rings is 4. The van der Waals surface area contributed by atoms with Crippen molar-refractivity contribution in [3.63, 3.8) is 0 Å². The molecular formula is C69H96ClN11O12. The van der Waals surface area contributed by atoms with E-state index in [1.54, 1.807) is 37.2 Å². The van der Waals surface area contributed by atoms with Crippen molar-refractivity contribution in [2.45, 2.75) is 84.2 Å². The number of fused-ring (bicyclic) bond motifs is 6. The fraction of sp³-hybridized carbons (Fsp3) is 0.464. The second-order valence-corrected chi connectivity index (χ2v) is 21.8. The largest absolute Gasteiger partial charge is 0.449 e. The number of hydrogen-bond donors (Lipinski definition) is 4. The van der Waals surface area contributed by atoms with Crippen LogP contribution in [0.3, 0.4) is 0 Å². The molecule has 93 heavy (non-hydrogen) atoms. The summed E-state index contributed by atoms with van der Waals surface area (Å²) in [6.07, 6.45) is 15.9. The number of nitrogens with zero attached hydrogens (tertiary/aromatic N) is 7. The molecule has 23 nitrogen and oxygen atoms in total. The van der Waals surface area contributed by atoms with E-state index in [1.807, 2.05) is 48.5 Å². The number of carbonyl (C=O) groups is 4. The average Bonchev–Trinajstić information content (AvgIpc) is 1.65. The summed E-state index contributed by atoms with van der Waals surface area (Å²) < 4.78 is 48.0. The van der Waals surface area contributed by atoms with E-state index in [0.717, 1.165) is 13.0 Å². The third-order valence-corrected chi connectivity index (χ3v) is 14.8. The first kappa shape index (κ1) is 75.9. The molecule has 2 aliphatic rings. The van der Waals surface area contributed by atoms with Crippen molar-refractivity contribution in [2.24, 2.45) is 5.73 Å². The van der Waals surface area contributed by atoms with Crippen LogP contribution >= 0.6 is 12.4 Å². The van der Waals surface area contributed by atoms with Gasteiger partial charge in [0.2, 0.25) is 0 Å². The highest BCUT2D eigenvalue weighted by Gasteiger charge is 2.30. The fourth-order valence-corrected chi connectivity index (χ4v) is 10.3. The molecule has 0 spiro atoms. The molecule has 0 unspecified atom stereocenters. The zero-order valence-corrected chi connectivity index (χ0v) is 55.3. The first-order valence-corrected chi connectivity index (χ1v) is 31.9. The molecule has 5 N–H and O–H groups in total. The van der Waals surface area contributed by atoms with Crippen LogP contribution in [0.1, 0.15) is 94.4 Å². The molecule has 2 aliphatic carbocycles. The van der Waals surface area contributed by atoms with Crippen LogP contribution in [0.2, 0.25) is 0 Å². The summed E-state index contributed by atoms with van der Waals surface area (Å²) in [5, 5.41) is 8.37. The Bertz CT molecular complexity index is 3020. The van der Waals surface area contributed by atoms with Crippen LogP contribution in [0.5, 0.6) is 0 Å². The van der Waals surface area contributed by atoms with E-state index in [0.29, 0.717) is 150 Å². The third kappa shape index (κ3) is 26.6. The van der Waals surface area contributed by atoms with Crippen molar-refractivity contribution < 1.29 is 57.1 Å². The number of nitrogens with one attached hydrogen (secondary N) is 3. The van der Waals surface area contributed by atoms with E-state index in [2.05, 4.69) is 119 Å². The molecule has 4 aromatic carbocycles. The number of hydrogen-bond acceptors (Lipinski definition) is 17. The minimum atomic E-state index is -0.416. The molecule has 3 heterocycles. The molecule has 0 fully saturated rings. The van der Waals surface area contributed by atoms with E-state index in [4.69, 9.17) is 43.6 Å². The number of rotatable bonds is 34. The highest BCUT2D eigenvalue weighted by molar-refractivity contribution is 5.85. The number of aromatic nitrogens is 6. The predicted molar refractivity (Wildman–Crippen MR) is 360 cm³/mol. The van der Waals surface area contributed by atoms with Gasteiger partial charge in [-0.1, -0.05) is 104 Å². The fourth-order valence-electron chi connectivity index (χ4n) is 10.3. The number of amides is 3. The van der Waals surface area contributed by atoms with Gasteiger partial charge >= 0.3 is 24.2 Å². The Morgan fingerprint density at radius 3 is 1.08 bits per heavy atom. The number of nitrogens with two attached hydrogens (primary N) is 1. The van der Waals surface area contributed by atoms with Crippen molar-refractivity contribution in [3.05, 3.63) is 175 Å². The average molecular weight is 1310 g/mol. The van der Waals surface area contributed by atoms with Gasteiger partial charge in [0.25, 0.3) is 0 Å². The molecule has 3 aromatic heterocycles. The van der Waals surface area contributed by atoms with Gasteiger partial charge in [-0.3, -0.25) is 18.6 Å². The second kappa shape index (κ2) is 44.7. The van der Waals surface area contributed by atoms with Gasteiger partial charge in [-0.25, -0.2) is 34.1 Å². The molecule has 0 bridgehead atoms. The molecule has 9 rings (SSSR count). The lowest BCUT2D eigenvalue weighted by Gasteiger charge is -2.28. The Kier molecular flexibility index (Phi) is 36.4. The molecule has 3 amide bonds. The Morgan fingerprint density at radius 1 is 0.462 bits per heavy atom. The zero-order valence-electron chi connectivity index (χ0n) is 54.5. The smallest absolute Gasteiger partial charge is 0.407 e. The number of halogens is 1. The Morgan fingerprint density at radius 2 is 0.774 bits per heavy atom. The maximum atomic E-state index is 12.2. The molecule has 506 valence electrons. The van der Waals surface area contributed by atoms with Crippen LogP contribution in [0.25, 0.3) is 22.3 Å². The van der Waals surface area contributed by atoms with Crippen LogP contribution in [0.4, 0.5) is 19.2 Å². The van der Waals surface area contributed by atoms with Gasteiger partial charge in [-0.15, -0.1) is 12.4 Å². The summed E-state index contributed by atoms with van der Waals surface area (Å²) in [5.74, 6) is 0.125. The van der Waals surface area contributed by atoms with Crippen LogP contribution < -0.4 is 21.7 Å². The minimum absolute atomic E-state index is 0. The zero-order chi connectivity index (χ0) is 65.4. The lowest BCUT2D eigenvalue weighted by atomic mass is 9.98. The van der Waals surface area contributed by atoms with Gasteiger partial charge in [0.1, 0.15) is 32.2 Å². The van der Waals surface area contributed by atoms with Gasteiger partial charge in [0.15, 0.2) is 0 Å². The van der Waals surface area contributed by atoms with Gasteiger partial charge in [0, 0.05) is 107 Å². The topological polar surface area (TPSA) is 261 Å². The van der Waals surface area contributed by atoms with Crippen molar-refractivity contribution in [3.8, 4) is 22.3 Å². The number of alkyl carbamates (subject to hydrolysis) is 2. The normalized spacial score (nSPS) is 11.8. The van der Waals surface area contributed by atoms with E-state index < -0.39 is 12.2 Å². The van der Waals surface area contributed by atoms with Crippen LogP contribution in [0, 0.1) is 0 Å².